The normalized spacial score (nSPS) is 10.9. The average Bonchev–Trinajstić information content (AvgIpc) is 2.25. The molecule has 0 amide bonds. The van der Waals surface area contributed by atoms with Gasteiger partial charge in [-0.1, -0.05) is 19.9 Å². The van der Waals surface area contributed by atoms with Crippen molar-refractivity contribution in [1.29, 1.82) is 0 Å². The molecule has 1 rings (SSSR count). The van der Waals surface area contributed by atoms with Crippen LogP contribution >= 0.6 is 0 Å². The number of anilines is 1. The Bertz CT molecular complexity index is 320. The first-order chi connectivity index (χ1) is 7.50. The molecule has 2 nitrogen and oxygen atoms in total. The van der Waals surface area contributed by atoms with Gasteiger partial charge in [0, 0.05) is 24.8 Å². The molecule has 0 saturated carbocycles. The standard InChI is InChI=1S/C14H23NO/c1-11(2)10-16-14-8-6-7-13(9-14)15(5)12(3)4/h6-9,11-12H,10H2,1-5H3. The van der Waals surface area contributed by atoms with Gasteiger partial charge in [-0.25, -0.2) is 0 Å². The van der Waals surface area contributed by atoms with E-state index in [0.717, 1.165) is 12.4 Å². The summed E-state index contributed by atoms with van der Waals surface area (Å²) in [5.41, 5.74) is 1.20. The molecule has 16 heavy (non-hydrogen) atoms. The highest BCUT2D eigenvalue weighted by atomic mass is 16.5. The molecule has 1 aromatic carbocycles. The monoisotopic (exact) mass is 221 g/mol. The van der Waals surface area contributed by atoms with Crippen molar-refractivity contribution in [3.63, 3.8) is 0 Å². The van der Waals surface area contributed by atoms with Crippen LogP contribution in [0.1, 0.15) is 27.7 Å². The molecule has 90 valence electrons. The lowest BCUT2D eigenvalue weighted by molar-refractivity contribution is 0.271. The van der Waals surface area contributed by atoms with Crippen LogP contribution in [0.4, 0.5) is 5.69 Å². The molecule has 0 aromatic heterocycles. The number of ether oxygens (including phenoxy) is 1. The molecule has 0 spiro atoms. The molecular formula is C14H23NO. The second-order valence-electron chi connectivity index (χ2n) is 4.91. The van der Waals surface area contributed by atoms with Crippen molar-refractivity contribution >= 4 is 5.69 Å². The maximum absolute atomic E-state index is 5.71. The summed E-state index contributed by atoms with van der Waals surface area (Å²) in [6.45, 7) is 9.45. The third-order valence-electron chi connectivity index (χ3n) is 2.58. The summed E-state index contributed by atoms with van der Waals surface area (Å²) in [7, 11) is 2.10. The number of rotatable bonds is 5. The molecule has 0 heterocycles. The molecule has 0 N–H and O–H groups in total. The van der Waals surface area contributed by atoms with E-state index < -0.39 is 0 Å². The number of benzene rings is 1. The number of hydrogen-bond donors (Lipinski definition) is 0. The third-order valence-corrected chi connectivity index (χ3v) is 2.58. The lowest BCUT2D eigenvalue weighted by Crippen LogP contribution is -2.25. The van der Waals surface area contributed by atoms with Crippen molar-refractivity contribution in [3.8, 4) is 5.75 Å². The van der Waals surface area contributed by atoms with Crippen LogP contribution in [-0.4, -0.2) is 19.7 Å². The van der Waals surface area contributed by atoms with Gasteiger partial charge in [-0.2, -0.15) is 0 Å². The minimum absolute atomic E-state index is 0.500. The lowest BCUT2D eigenvalue weighted by atomic mass is 10.2. The Balaban J connectivity index is 2.71. The molecule has 0 radical (unpaired) electrons. The molecule has 0 saturated heterocycles. The van der Waals surface area contributed by atoms with Gasteiger partial charge in [0.15, 0.2) is 0 Å². The van der Waals surface area contributed by atoms with Crippen LogP contribution in [0.15, 0.2) is 24.3 Å². The van der Waals surface area contributed by atoms with E-state index in [2.05, 4.69) is 51.8 Å². The zero-order valence-corrected chi connectivity index (χ0v) is 11.0. The van der Waals surface area contributed by atoms with E-state index in [-0.39, 0.29) is 0 Å². The van der Waals surface area contributed by atoms with Gasteiger partial charge in [0.25, 0.3) is 0 Å². The molecular weight excluding hydrogens is 198 g/mol. The Morgan fingerprint density at radius 3 is 2.44 bits per heavy atom. The van der Waals surface area contributed by atoms with Gasteiger partial charge in [-0.15, -0.1) is 0 Å². The number of nitrogens with zero attached hydrogens (tertiary/aromatic N) is 1. The first-order valence-corrected chi connectivity index (χ1v) is 5.96. The van der Waals surface area contributed by atoms with Crippen molar-refractivity contribution < 1.29 is 4.74 Å². The van der Waals surface area contributed by atoms with E-state index in [0.29, 0.717) is 12.0 Å². The Labute approximate surface area is 99.2 Å². The summed E-state index contributed by atoms with van der Waals surface area (Å²) in [6.07, 6.45) is 0. The third kappa shape index (κ3) is 3.76. The van der Waals surface area contributed by atoms with Crippen LogP contribution in [0.5, 0.6) is 5.75 Å². The highest BCUT2D eigenvalue weighted by Gasteiger charge is 2.06. The van der Waals surface area contributed by atoms with Gasteiger partial charge in [0.1, 0.15) is 5.75 Å². The minimum Gasteiger partial charge on any atom is -0.493 e. The van der Waals surface area contributed by atoms with Crippen LogP contribution < -0.4 is 9.64 Å². The maximum Gasteiger partial charge on any atom is 0.121 e. The van der Waals surface area contributed by atoms with E-state index in [4.69, 9.17) is 4.74 Å². The van der Waals surface area contributed by atoms with Crippen LogP contribution in [-0.2, 0) is 0 Å². The van der Waals surface area contributed by atoms with E-state index in [9.17, 15) is 0 Å². The zero-order chi connectivity index (χ0) is 12.1. The smallest absolute Gasteiger partial charge is 0.121 e. The predicted octanol–water partition coefficient (Wildman–Crippen LogP) is 3.57. The van der Waals surface area contributed by atoms with Gasteiger partial charge < -0.3 is 9.64 Å². The van der Waals surface area contributed by atoms with Gasteiger partial charge in [0.2, 0.25) is 0 Å². The predicted molar refractivity (Wildman–Crippen MR) is 70.3 cm³/mol. The Morgan fingerprint density at radius 1 is 1.19 bits per heavy atom. The fourth-order valence-electron chi connectivity index (χ4n) is 1.35. The van der Waals surface area contributed by atoms with E-state index in [1.54, 1.807) is 0 Å². The number of hydrogen-bond acceptors (Lipinski definition) is 2. The second-order valence-corrected chi connectivity index (χ2v) is 4.91. The molecule has 0 atom stereocenters. The summed E-state index contributed by atoms with van der Waals surface area (Å²) >= 11 is 0. The SMILES string of the molecule is CC(C)COc1cccc(N(C)C(C)C)c1. The molecule has 0 aliphatic carbocycles. The van der Waals surface area contributed by atoms with E-state index in [1.165, 1.54) is 5.69 Å². The maximum atomic E-state index is 5.71. The fraction of sp³-hybridized carbons (Fsp3) is 0.571. The average molecular weight is 221 g/mol. The molecule has 2 heteroatoms. The highest BCUT2D eigenvalue weighted by Crippen LogP contribution is 2.21. The molecule has 0 fully saturated rings. The molecule has 0 aliphatic rings. The van der Waals surface area contributed by atoms with E-state index in [1.807, 2.05) is 12.1 Å². The van der Waals surface area contributed by atoms with Crippen molar-refractivity contribution in [2.24, 2.45) is 5.92 Å². The Hall–Kier alpha value is -1.18. The Morgan fingerprint density at radius 2 is 1.88 bits per heavy atom. The molecule has 1 aromatic rings. The van der Waals surface area contributed by atoms with Gasteiger partial charge >= 0.3 is 0 Å². The quantitative estimate of drug-likeness (QED) is 0.753. The lowest BCUT2D eigenvalue weighted by Gasteiger charge is -2.24. The Kier molecular flexibility index (Phi) is 4.66. The topological polar surface area (TPSA) is 12.5 Å². The summed E-state index contributed by atoms with van der Waals surface area (Å²) in [6, 6.07) is 8.77. The van der Waals surface area contributed by atoms with Crippen LogP contribution in [0.3, 0.4) is 0 Å². The van der Waals surface area contributed by atoms with Crippen molar-refractivity contribution in [2.75, 3.05) is 18.6 Å². The van der Waals surface area contributed by atoms with Crippen LogP contribution in [0, 0.1) is 5.92 Å². The van der Waals surface area contributed by atoms with Crippen molar-refractivity contribution in [3.05, 3.63) is 24.3 Å². The molecule has 0 aliphatic heterocycles. The summed E-state index contributed by atoms with van der Waals surface area (Å²) < 4.78 is 5.71. The van der Waals surface area contributed by atoms with Gasteiger partial charge in [-0.05, 0) is 31.9 Å². The summed E-state index contributed by atoms with van der Waals surface area (Å²) in [5.74, 6) is 1.52. The van der Waals surface area contributed by atoms with Crippen LogP contribution in [0.2, 0.25) is 0 Å². The first kappa shape index (κ1) is 12.9. The van der Waals surface area contributed by atoms with Gasteiger partial charge in [0.05, 0.1) is 6.61 Å². The first-order valence-electron chi connectivity index (χ1n) is 5.96. The highest BCUT2D eigenvalue weighted by molar-refractivity contribution is 5.50. The largest absolute Gasteiger partial charge is 0.493 e. The second kappa shape index (κ2) is 5.78. The van der Waals surface area contributed by atoms with Crippen molar-refractivity contribution in [1.82, 2.24) is 0 Å². The summed E-state index contributed by atoms with van der Waals surface area (Å²) in [5, 5.41) is 0. The van der Waals surface area contributed by atoms with Gasteiger partial charge in [-0.3, -0.25) is 0 Å². The van der Waals surface area contributed by atoms with Crippen molar-refractivity contribution in [2.45, 2.75) is 33.7 Å². The van der Waals surface area contributed by atoms with Crippen LogP contribution in [0.25, 0.3) is 0 Å². The molecule has 0 unspecified atom stereocenters. The fourth-order valence-corrected chi connectivity index (χ4v) is 1.35. The van der Waals surface area contributed by atoms with E-state index >= 15 is 0 Å². The zero-order valence-electron chi connectivity index (χ0n) is 11.0. The minimum atomic E-state index is 0.500. The molecule has 0 bridgehead atoms. The summed E-state index contributed by atoms with van der Waals surface area (Å²) in [4.78, 5) is 2.24.